The molecule has 0 saturated carbocycles. The Morgan fingerprint density at radius 1 is 1.12 bits per heavy atom. The Labute approximate surface area is 47.2 Å². The van der Waals surface area contributed by atoms with Gasteiger partial charge in [-0.2, -0.15) is 0 Å². The average Bonchev–Trinajstić information content (AvgIpc) is 2.01. The zero-order chi connectivity index (χ0) is 8.71. The average molecular weight is 149 g/mol. The molecule has 0 fully saturated rings. The van der Waals surface area contributed by atoms with Crippen molar-refractivity contribution in [2.45, 2.75) is 0 Å². The van der Waals surface area contributed by atoms with E-state index < -0.39 is 9.06 Å². The maximum absolute atomic E-state index is 8.57. The highest BCUT2D eigenvalue weighted by molar-refractivity contribution is 7.00. The van der Waals surface area contributed by atoms with Gasteiger partial charge in [0.2, 0.25) is 0 Å². The van der Waals surface area contributed by atoms with Crippen molar-refractivity contribution in [2.75, 3.05) is 0 Å². The van der Waals surface area contributed by atoms with E-state index in [1.165, 1.54) is 0 Å². The molecule has 4 N–H and O–H groups in total. The highest BCUT2D eigenvalue weighted by Gasteiger charge is 0.748. The van der Waals surface area contributed by atoms with Crippen molar-refractivity contribution in [2.24, 2.45) is 0 Å². The van der Waals surface area contributed by atoms with Gasteiger partial charge in [0.1, 0.15) is 10.3 Å². The van der Waals surface area contributed by atoms with Crippen LogP contribution in [0.15, 0.2) is 0 Å². The minimum Gasteiger partial charge on any atom is -0.279 e. The number of rotatable bonds is 0. The molecule has 8 heavy (non-hydrogen) atoms. The van der Waals surface area contributed by atoms with Crippen molar-refractivity contribution in [3.05, 3.63) is 9.93 Å². The van der Waals surface area contributed by atoms with Gasteiger partial charge in [0.05, 0.1) is 0 Å². The fourth-order valence-electron chi connectivity index (χ4n) is 0. The Balaban J connectivity index is -0.0000000190. The molecule has 0 spiro atoms. The molecular weight excluding hydrogens is 143 g/mol. The molecule has 0 atom stereocenters. The van der Waals surface area contributed by atoms with Crippen LogP contribution in [0.1, 0.15) is 0 Å². The van der Waals surface area contributed by atoms with E-state index in [0.29, 0.717) is 0 Å². The van der Waals surface area contributed by atoms with Crippen LogP contribution in [0, 0.1) is 9.93 Å². The first-order chi connectivity index (χ1) is 4.41. The van der Waals surface area contributed by atoms with E-state index in [2.05, 4.69) is 0 Å². The van der Waals surface area contributed by atoms with Gasteiger partial charge < -0.3 is 0 Å². The fraction of sp³-hybridized carbons (Fsp3) is 0. The molecule has 0 aromatic rings. The maximum atomic E-state index is 8.57. The van der Waals surface area contributed by atoms with Crippen molar-refractivity contribution in [3.8, 4) is 0 Å². The molecule has 0 aromatic heterocycles. The third-order valence-electron chi connectivity index (χ3n) is 0. The predicted octanol–water partition coefficient (Wildman–Crippen LogP) is 0.576. The van der Waals surface area contributed by atoms with Crippen molar-refractivity contribution < 1.29 is 25.6 Å². The van der Waals surface area contributed by atoms with Gasteiger partial charge in [-0.25, -0.2) is 0 Å². The Morgan fingerprint density at radius 3 is 1.12 bits per heavy atom. The molecule has 0 radical (unpaired) electrons. The molecule has 0 aliphatic heterocycles. The molecule has 0 saturated heterocycles. The molecule has 7 nitrogen and oxygen atoms in total. The van der Waals surface area contributed by atoms with E-state index in [-0.39, 0.29) is 0 Å². The Hall–Kier alpha value is -0.460. The molecular formula is H5O7P. The van der Waals surface area contributed by atoms with Crippen LogP contribution >= 0.6 is 9.06 Å². The van der Waals surface area contributed by atoms with Gasteiger partial charge in [0.15, 0.2) is 0 Å². The SMILES string of the molecule is O=O.OO.OO.[2H]P=O. The lowest BCUT2D eigenvalue weighted by atomic mass is 15.0. The molecule has 52 valence electrons. The van der Waals surface area contributed by atoms with Crippen LogP contribution in [-0.4, -0.2) is 22.3 Å². The predicted molar refractivity (Wildman–Crippen MR) is 26.3 cm³/mol. The van der Waals surface area contributed by atoms with Crippen LogP contribution in [0.3, 0.4) is 0 Å². The van der Waals surface area contributed by atoms with Gasteiger partial charge >= 0.3 is 0 Å². The Kier molecular flexibility index (Phi) is 1860. The summed E-state index contributed by atoms with van der Waals surface area (Å²) in [6.45, 7) is 0. The van der Waals surface area contributed by atoms with Gasteiger partial charge in [0, 0.05) is 9.93 Å². The van der Waals surface area contributed by atoms with Gasteiger partial charge in [-0.15, -0.1) is 0 Å². The van der Waals surface area contributed by atoms with Crippen LogP contribution in [0.25, 0.3) is 0 Å². The molecule has 8 heteroatoms. The van der Waals surface area contributed by atoms with Crippen LogP contribution in [-0.2, 0) is 4.57 Å². The standard InChI is InChI=1S/2H2O2.O2.HOP/c4*1-2/h2*1-2H;;2H/i;;;2D. The summed E-state index contributed by atoms with van der Waals surface area (Å²) in [5.74, 6) is 0. The molecule has 0 heterocycles. The van der Waals surface area contributed by atoms with E-state index in [1.807, 2.05) is 0 Å². The van der Waals surface area contributed by atoms with Gasteiger partial charge in [0.25, 0.3) is 0 Å². The highest BCUT2D eigenvalue weighted by atomic mass is 31.0. The molecule has 0 aliphatic carbocycles. The monoisotopic (exact) mass is 149 g/mol. The van der Waals surface area contributed by atoms with Gasteiger partial charge in [-0.1, -0.05) is 0 Å². The molecule has 0 amide bonds. The topological polar surface area (TPSA) is 132 Å². The largest absolute Gasteiger partial charge is 0.279 e. The van der Waals surface area contributed by atoms with Crippen molar-refractivity contribution in [1.82, 2.24) is 0 Å². The van der Waals surface area contributed by atoms with E-state index >= 15 is 0 Å². The first kappa shape index (κ1) is 15.6. The smallest absolute Gasteiger partial charge is 0.140 e. The normalized spacial score (nSPS) is 4.75. The van der Waals surface area contributed by atoms with E-state index in [9.17, 15) is 0 Å². The quantitative estimate of drug-likeness (QED) is 0.225. The first-order valence-corrected chi connectivity index (χ1v) is 1.11. The van der Waals surface area contributed by atoms with Crippen molar-refractivity contribution in [3.63, 3.8) is 0 Å². The summed E-state index contributed by atoms with van der Waals surface area (Å²) >= 11 is 0. The molecule has 0 unspecified atom stereocenters. The van der Waals surface area contributed by atoms with E-state index in [1.54, 1.807) is 0 Å². The second kappa shape index (κ2) is 949. The Bertz CT molecular complexity index is 22.9. The summed E-state index contributed by atoms with van der Waals surface area (Å²) in [6, 6.07) is 0. The second-order valence-electron chi connectivity index (χ2n) is 0. The zero-order valence-corrected chi connectivity index (χ0v) is 4.36. The lowest BCUT2D eigenvalue weighted by Gasteiger charge is -1.25. The van der Waals surface area contributed by atoms with Crippen LogP contribution < -0.4 is 0 Å². The maximum Gasteiger partial charge on any atom is 0.140 e. The zero-order valence-electron chi connectivity index (χ0n) is 4.46. The van der Waals surface area contributed by atoms with Crippen LogP contribution in [0.2, 0.25) is 0 Å². The highest BCUT2D eigenvalue weighted by Crippen LogP contribution is 1.23. The third-order valence-corrected chi connectivity index (χ3v) is 0. The molecule has 0 aromatic carbocycles. The first-order valence-electron chi connectivity index (χ1n) is 1.20. The number of hydrogen-bond donors (Lipinski definition) is 4. The summed E-state index contributed by atoms with van der Waals surface area (Å²) in [5.41, 5.74) is 0. The molecule has 0 aliphatic rings. The van der Waals surface area contributed by atoms with Gasteiger partial charge in [-0.3, -0.25) is 25.6 Å². The summed E-state index contributed by atoms with van der Waals surface area (Å²) in [6.07, 6.45) is 0. The van der Waals surface area contributed by atoms with Gasteiger partial charge in [-0.05, 0) is 0 Å². The van der Waals surface area contributed by atoms with E-state index in [4.69, 9.17) is 36.8 Å². The minimum absolute atomic E-state index is 0.583. The summed E-state index contributed by atoms with van der Waals surface area (Å²) in [4.78, 5) is 14.0. The Morgan fingerprint density at radius 2 is 1.12 bits per heavy atom. The number of hydrogen-bond acceptors (Lipinski definition) is 7. The second-order valence-corrected chi connectivity index (χ2v) is 0. The summed E-state index contributed by atoms with van der Waals surface area (Å²) in [5, 5.41) is 24.0. The minimum atomic E-state index is -0.583. The lowest BCUT2D eigenvalue weighted by Crippen LogP contribution is -1.29. The van der Waals surface area contributed by atoms with Crippen molar-refractivity contribution >= 4 is 9.06 Å². The molecule has 0 bridgehead atoms. The third kappa shape index (κ3) is 540. The summed E-state index contributed by atoms with van der Waals surface area (Å²) < 4.78 is 14.2. The van der Waals surface area contributed by atoms with Crippen LogP contribution in [0.4, 0.5) is 0 Å². The fourth-order valence-corrected chi connectivity index (χ4v) is 0. The van der Waals surface area contributed by atoms with Crippen LogP contribution in [0.5, 0.6) is 0 Å². The van der Waals surface area contributed by atoms with Crippen molar-refractivity contribution in [1.29, 1.82) is 1.28 Å². The summed E-state index contributed by atoms with van der Waals surface area (Å²) in [7, 11) is -0.583. The molecule has 0 rings (SSSR count). The lowest BCUT2D eigenvalue weighted by molar-refractivity contribution is -0.176. The van der Waals surface area contributed by atoms with E-state index in [0.717, 1.165) is 0 Å².